The van der Waals surface area contributed by atoms with Gasteiger partial charge in [0.2, 0.25) is 5.91 Å². The molecule has 152 valence electrons. The van der Waals surface area contributed by atoms with Crippen molar-refractivity contribution in [3.8, 4) is 5.75 Å². The standard InChI is InChI=1S/C21H31N5O2/c1-5-28-18-8-6-17(7-9-18)14-25-11-10-19-23-24-20(26(19)13-12-25)16(4)22-21(27)15(2)3/h6-9,15-16H,5,10-14H2,1-4H3,(H,22,27)/t16-/m1/s1. The molecule has 7 heteroatoms. The van der Waals surface area contributed by atoms with Crippen LogP contribution < -0.4 is 10.1 Å². The number of hydrogen-bond acceptors (Lipinski definition) is 5. The third kappa shape index (κ3) is 4.90. The molecule has 0 spiro atoms. The van der Waals surface area contributed by atoms with Crippen LogP contribution in [0.4, 0.5) is 0 Å². The SMILES string of the molecule is CCOc1ccc(CN2CCc3nnc([C@@H](C)NC(=O)C(C)C)n3CC2)cc1. The van der Waals surface area contributed by atoms with Crippen molar-refractivity contribution in [2.75, 3.05) is 19.7 Å². The zero-order valence-corrected chi connectivity index (χ0v) is 17.3. The third-order valence-corrected chi connectivity index (χ3v) is 5.06. The average molecular weight is 386 g/mol. The third-order valence-electron chi connectivity index (χ3n) is 5.06. The summed E-state index contributed by atoms with van der Waals surface area (Å²) >= 11 is 0. The highest BCUT2D eigenvalue weighted by atomic mass is 16.5. The van der Waals surface area contributed by atoms with Crippen molar-refractivity contribution >= 4 is 5.91 Å². The van der Waals surface area contributed by atoms with Crippen LogP contribution >= 0.6 is 0 Å². The molecule has 0 radical (unpaired) electrons. The van der Waals surface area contributed by atoms with Gasteiger partial charge in [-0.25, -0.2) is 0 Å². The van der Waals surface area contributed by atoms with Crippen LogP contribution in [0.5, 0.6) is 5.75 Å². The lowest BCUT2D eigenvalue weighted by Gasteiger charge is -2.20. The Kier molecular flexibility index (Phi) is 6.67. The molecule has 0 saturated carbocycles. The van der Waals surface area contributed by atoms with Crippen LogP contribution in [0.3, 0.4) is 0 Å². The van der Waals surface area contributed by atoms with Gasteiger partial charge in [0.1, 0.15) is 11.6 Å². The number of aromatic nitrogens is 3. The van der Waals surface area contributed by atoms with Crippen molar-refractivity contribution in [1.82, 2.24) is 25.0 Å². The van der Waals surface area contributed by atoms with E-state index in [9.17, 15) is 4.79 Å². The van der Waals surface area contributed by atoms with Gasteiger partial charge in [0.25, 0.3) is 0 Å². The zero-order valence-electron chi connectivity index (χ0n) is 17.3. The van der Waals surface area contributed by atoms with Crippen LogP contribution in [0.25, 0.3) is 0 Å². The topological polar surface area (TPSA) is 72.3 Å². The summed E-state index contributed by atoms with van der Waals surface area (Å²) in [5.74, 6) is 2.74. The van der Waals surface area contributed by atoms with Crippen molar-refractivity contribution in [3.05, 3.63) is 41.5 Å². The smallest absolute Gasteiger partial charge is 0.223 e. The number of amides is 1. The zero-order chi connectivity index (χ0) is 20.1. The second-order valence-corrected chi connectivity index (χ2v) is 7.61. The monoisotopic (exact) mass is 385 g/mol. The molecule has 1 atom stereocenters. The van der Waals surface area contributed by atoms with Gasteiger partial charge in [-0.1, -0.05) is 26.0 Å². The summed E-state index contributed by atoms with van der Waals surface area (Å²) in [5, 5.41) is 11.8. The van der Waals surface area contributed by atoms with Gasteiger partial charge in [0.05, 0.1) is 12.6 Å². The Morgan fingerprint density at radius 2 is 1.89 bits per heavy atom. The summed E-state index contributed by atoms with van der Waals surface area (Å²) in [6.45, 7) is 12.0. The predicted molar refractivity (Wildman–Crippen MR) is 108 cm³/mol. The van der Waals surface area contributed by atoms with Gasteiger partial charge < -0.3 is 14.6 Å². The fourth-order valence-electron chi connectivity index (χ4n) is 3.43. The number of carbonyl (C=O) groups excluding carboxylic acids is 1. The van der Waals surface area contributed by atoms with Gasteiger partial charge in [0.15, 0.2) is 5.82 Å². The minimum atomic E-state index is -0.145. The number of carbonyl (C=O) groups is 1. The highest BCUT2D eigenvalue weighted by molar-refractivity contribution is 5.78. The van der Waals surface area contributed by atoms with E-state index in [0.717, 1.165) is 50.0 Å². The highest BCUT2D eigenvalue weighted by Crippen LogP contribution is 2.18. The molecule has 3 rings (SSSR count). The van der Waals surface area contributed by atoms with Crippen molar-refractivity contribution < 1.29 is 9.53 Å². The summed E-state index contributed by atoms with van der Waals surface area (Å²) in [5.41, 5.74) is 1.28. The molecule has 28 heavy (non-hydrogen) atoms. The Morgan fingerprint density at radius 1 is 1.14 bits per heavy atom. The summed E-state index contributed by atoms with van der Waals surface area (Å²) in [7, 11) is 0. The highest BCUT2D eigenvalue weighted by Gasteiger charge is 2.23. The molecule has 1 N–H and O–H groups in total. The van der Waals surface area contributed by atoms with Gasteiger partial charge in [-0.15, -0.1) is 10.2 Å². The molecule has 2 heterocycles. The molecule has 1 aliphatic heterocycles. The van der Waals surface area contributed by atoms with E-state index in [0.29, 0.717) is 6.61 Å². The summed E-state index contributed by atoms with van der Waals surface area (Å²) < 4.78 is 7.69. The molecule has 0 fully saturated rings. The largest absolute Gasteiger partial charge is 0.494 e. The summed E-state index contributed by atoms with van der Waals surface area (Å²) in [6, 6.07) is 8.18. The Balaban J connectivity index is 1.62. The van der Waals surface area contributed by atoms with Crippen LogP contribution in [0, 0.1) is 5.92 Å². The van der Waals surface area contributed by atoms with Gasteiger partial charge in [0, 0.05) is 38.5 Å². The van der Waals surface area contributed by atoms with Crippen LogP contribution in [-0.2, 0) is 24.3 Å². The van der Waals surface area contributed by atoms with E-state index in [-0.39, 0.29) is 17.9 Å². The Hall–Kier alpha value is -2.41. The number of nitrogens with zero attached hydrogens (tertiary/aromatic N) is 4. The molecule has 1 aliphatic rings. The minimum absolute atomic E-state index is 0.0376. The maximum atomic E-state index is 12.0. The quantitative estimate of drug-likeness (QED) is 0.793. The van der Waals surface area contributed by atoms with Crippen LogP contribution in [-0.4, -0.2) is 45.3 Å². The van der Waals surface area contributed by atoms with E-state index in [1.54, 1.807) is 0 Å². The van der Waals surface area contributed by atoms with Crippen molar-refractivity contribution in [3.63, 3.8) is 0 Å². The Labute approximate surface area is 167 Å². The van der Waals surface area contributed by atoms with E-state index >= 15 is 0 Å². The van der Waals surface area contributed by atoms with Crippen molar-refractivity contribution in [2.24, 2.45) is 5.92 Å². The van der Waals surface area contributed by atoms with Gasteiger partial charge in [-0.3, -0.25) is 9.69 Å². The molecule has 0 bridgehead atoms. The fraction of sp³-hybridized carbons (Fsp3) is 0.571. The lowest BCUT2D eigenvalue weighted by atomic mass is 10.2. The molecule has 2 aromatic rings. The van der Waals surface area contributed by atoms with Crippen LogP contribution in [0.1, 0.15) is 50.9 Å². The van der Waals surface area contributed by atoms with E-state index in [4.69, 9.17) is 4.74 Å². The Bertz CT molecular complexity index is 785. The van der Waals surface area contributed by atoms with E-state index in [2.05, 4.69) is 37.1 Å². The molecule has 0 aliphatic carbocycles. The van der Waals surface area contributed by atoms with Crippen LogP contribution in [0.2, 0.25) is 0 Å². The first kappa shape index (κ1) is 20.3. The molecule has 1 aromatic heterocycles. The number of rotatable bonds is 7. The molecule has 0 unspecified atom stereocenters. The van der Waals surface area contributed by atoms with Gasteiger partial charge in [-0.05, 0) is 31.5 Å². The van der Waals surface area contributed by atoms with Crippen molar-refractivity contribution in [1.29, 1.82) is 0 Å². The van der Waals surface area contributed by atoms with Crippen molar-refractivity contribution in [2.45, 2.75) is 53.2 Å². The van der Waals surface area contributed by atoms with E-state index in [1.807, 2.05) is 39.8 Å². The number of nitrogens with one attached hydrogen (secondary N) is 1. The number of ether oxygens (including phenoxy) is 1. The first-order chi connectivity index (χ1) is 13.5. The normalized spacial score (nSPS) is 15.8. The predicted octanol–water partition coefficient (Wildman–Crippen LogP) is 2.57. The molecule has 0 saturated heterocycles. The first-order valence-electron chi connectivity index (χ1n) is 10.1. The van der Waals surface area contributed by atoms with E-state index in [1.165, 1.54) is 5.56 Å². The number of benzene rings is 1. The average Bonchev–Trinajstić information content (AvgIpc) is 2.98. The Morgan fingerprint density at radius 3 is 2.57 bits per heavy atom. The van der Waals surface area contributed by atoms with Gasteiger partial charge >= 0.3 is 0 Å². The molecule has 1 amide bonds. The van der Waals surface area contributed by atoms with Crippen LogP contribution in [0.15, 0.2) is 24.3 Å². The maximum Gasteiger partial charge on any atom is 0.223 e. The first-order valence-corrected chi connectivity index (χ1v) is 10.1. The van der Waals surface area contributed by atoms with Gasteiger partial charge in [-0.2, -0.15) is 0 Å². The lowest BCUT2D eigenvalue weighted by Crippen LogP contribution is -2.32. The summed E-state index contributed by atoms with van der Waals surface area (Å²) in [4.78, 5) is 14.5. The summed E-state index contributed by atoms with van der Waals surface area (Å²) in [6.07, 6.45) is 0.856. The molecule has 7 nitrogen and oxygen atoms in total. The molecule has 1 aromatic carbocycles. The molecular weight excluding hydrogens is 354 g/mol. The second-order valence-electron chi connectivity index (χ2n) is 7.61. The maximum absolute atomic E-state index is 12.0. The number of hydrogen-bond donors (Lipinski definition) is 1. The fourth-order valence-corrected chi connectivity index (χ4v) is 3.43. The minimum Gasteiger partial charge on any atom is -0.494 e. The second kappa shape index (κ2) is 9.19. The lowest BCUT2D eigenvalue weighted by molar-refractivity contribution is -0.124. The van der Waals surface area contributed by atoms with E-state index < -0.39 is 0 Å². The number of fused-ring (bicyclic) bond motifs is 1. The molecular formula is C21H31N5O2.